The van der Waals surface area contributed by atoms with E-state index in [1.54, 1.807) is 11.6 Å². The molecule has 2 heterocycles. The van der Waals surface area contributed by atoms with Gasteiger partial charge in [-0.1, -0.05) is 30.3 Å². The molecule has 0 radical (unpaired) electrons. The van der Waals surface area contributed by atoms with E-state index < -0.39 is 0 Å². The lowest BCUT2D eigenvalue weighted by molar-refractivity contribution is -0.121. The van der Waals surface area contributed by atoms with Gasteiger partial charge in [-0.25, -0.2) is 4.79 Å². The third kappa shape index (κ3) is 3.26. The maximum absolute atomic E-state index is 12.4. The average molecular weight is 362 g/mol. The minimum Gasteiger partial charge on any atom is -0.354 e. The zero-order valence-electron chi connectivity index (χ0n) is 15.3. The molecule has 0 aliphatic heterocycles. The molecule has 1 N–H and O–H groups in total. The quantitative estimate of drug-likeness (QED) is 0.536. The van der Waals surface area contributed by atoms with E-state index in [0.29, 0.717) is 6.54 Å². The number of nitrogens with one attached hydrogen (secondary N) is 1. The van der Waals surface area contributed by atoms with Gasteiger partial charge >= 0.3 is 5.69 Å². The van der Waals surface area contributed by atoms with Gasteiger partial charge in [0.2, 0.25) is 5.91 Å². The Labute approximate surface area is 156 Å². The maximum atomic E-state index is 12.4. The number of nitrogens with zero attached hydrogens (tertiary/aromatic N) is 3. The zero-order valence-corrected chi connectivity index (χ0v) is 15.3. The van der Waals surface area contributed by atoms with Crippen LogP contribution in [0.25, 0.3) is 21.9 Å². The number of para-hydroxylation sites is 3. The summed E-state index contributed by atoms with van der Waals surface area (Å²) >= 11 is 0. The van der Waals surface area contributed by atoms with Gasteiger partial charge in [0, 0.05) is 31.9 Å². The number of benzene rings is 2. The average Bonchev–Trinajstić information content (AvgIpc) is 3.21. The topological polar surface area (TPSA) is 61.0 Å². The summed E-state index contributed by atoms with van der Waals surface area (Å²) < 4.78 is 5.28. The van der Waals surface area contributed by atoms with Crippen LogP contribution >= 0.6 is 0 Å². The molecule has 0 saturated carbocycles. The molecule has 0 fully saturated rings. The normalized spacial score (nSPS) is 11.3. The highest BCUT2D eigenvalue weighted by Crippen LogP contribution is 2.15. The first-order valence-electron chi connectivity index (χ1n) is 9.10. The number of imidazole rings is 1. The van der Waals surface area contributed by atoms with Crippen LogP contribution in [-0.2, 0) is 24.9 Å². The van der Waals surface area contributed by atoms with Crippen molar-refractivity contribution in [2.24, 2.45) is 7.05 Å². The van der Waals surface area contributed by atoms with Gasteiger partial charge < -0.3 is 9.88 Å². The van der Waals surface area contributed by atoms with Crippen LogP contribution in [0.1, 0.15) is 6.42 Å². The van der Waals surface area contributed by atoms with Gasteiger partial charge in [-0.3, -0.25) is 13.9 Å². The summed E-state index contributed by atoms with van der Waals surface area (Å²) in [7, 11) is 1.72. The molecular weight excluding hydrogens is 340 g/mol. The van der Waals surface area contributed by atoms with E-state index in [1.807, 2.05) is 36.4 Å². The number of hydrogen-bond donors (Lipinski definition) is 1. The molecule has 0 atom stereocenters. The van der Waals surface area contributed by atoms with Crippen LogP contribution in [0.2, 0.25) is 0 Å². The van der Waals surface area contributed by atoms with Gasteiger partial charge in [0.05, 0.1) is 11.0 Å². The Morgan fingerprint density at radius 2 is 1.67 bits per heavy atom. The fraction of sp³-hybridized carbons (Fsp3) is 0.238. The lowest BCUT2D eigenvalue weighted by atomic mass is 10.2. The van der Waals surface area contributed by atoms with Crippen LogP contribution in [0.4, 0.5) is 0 Å². The van der Waals surface area contributed by atoms with Crippen molar-refractivity contribution in [1.82, 2.24) is 19.0 Å². The molecule has 4 rings (SSSR count). The molecule has 6 heteroatoms. The number of carbonyl (C=O) groups excluding carboxylic acids is 1. The maximum Gasteiger partial charge on any atom is 0.329 e. The lowest BCUT2D eigenvalue weighted by Crippen LogP contribution is -2.33. The Bertz CT molecular complexity index is 1170. The van der Waals surface area contributed by atoms with Gasteiger partial charge in [0.1, 0.15) is 6.54 Å². The second-order valence-corrected chi connectivity index (χ2v) is 6.69. The molecule has 0 unspecified atom stereocenters. The number of aryl methyl sites for hydroxylation is 2. The zero-order chi connectivity index (χ0) is 18.8. The highest BCUT2D eigenvalue weighted by atomic mass is 16.2. The van der Waals surface area contributed by atoms with Crippen LogP contribution in [0, 0.1) is 0 Å². The molecule has 0 bridgehead atoms. The fourth-order valence-corrected chi connectivity index (χ4v) is 3.53. The molecule has 4 aromatic rings. The van der Waals surface area contributed by atoms with E-state index in [1.165, 1.54) is 15.5 Å². The molecule has 1 amide bonds. The van der Waals surface area contributed by atoms with Gasteiger partial charge in [0.25, 0.3) is 0 Å². The highest BCUT2D eigenvalue weighted by Gasteiger charge is 2.12. The Morgan fingerprint density at radius 1 is 0.963 bits per heavy atom. The molecule has 27 heavy (non-hydrogen) atoms. The number of carbonyl (C=O) groups is 1. The van der Waals surface area contributed by atoms with E-state index in [2.05, 4.69) is 34.3 Å². The van der Waals surface area contributed by atoms with Crippen molar-refractivity contribution in [3.05, 3.63) is 71.3 Å². The minimum absolute atomic E-state index is 0.0344. The summed E-state index contributed by atoms with van der Waals surface area (Å²) in [5.41, 5.74) is 2.63. The summed E-state index contributed by atoms with van der Waals surface area (Å²) in [6.07, 6.45) is 2.90. The van der Waals surface area contributed by atoms with Crippen LogP contribution in [0.5, 0.6) is 0 Å². The molecule has 0 spiro atoms. The lowest BCUT2D eigenvalue weighted by Gasteiger charge is -2.08. The first kappa shape index (κ1) is 17.1. The Hall–Kier alpha value is -3.28. The summed E-state index contributed by atoms with van der Waals surface area (Å²) in [6, 6.07) is 17.9. The standard InChI is InChI=1S/C21H22N4O2/c1-23-18-9-4-5-10-19(18)25(21(23)27)15-20(26)22-12-6-13-24-14-11-16-7-2-3-8-17(16)24/h2-5,7-11,14H,6,12-13,15H2,1H3,(H,22,26). The summed E-state index contributed by atoms with van der Waals surface area (Å²) in [5.74, 6) is -0.147. The molecule has 0 aliphatic rings. The predicted octanol–water partition coefficient (Wildman–Crippen LogP) is 2.50. The van der Waals surface area contributed by atoms with Crippen molar-refractivity contribution in [3.63, 3.8) is 0 Å². The Morgan fingerprint density at radius 3 is 2.48 bits per heavy atom. The number of rotatable bonds is 6. The van der Waals surface area contributed by atoms with E-state index in [0.717, 1.165) is 24.0 Å². The van der Waals surface area contributed by atoms with Crippen molar-refractivity contribution in [2.45, 2.75) is 19.5 Å². The molecule has 2 aromatic heterocycles. The van der Waals surface area contributed by atoms with Gasteiger partial charge in [-0.2, -0.15) is 0 Å². The molecule has 2 aromatic carbocycles. The van der Waals surface area contributed by atoms with Crippen molar-refractivity contribution in [2.75, 3.05) is 6.54 Å². The summed E-state index contributed by atoms with van der Waals surface area (Å²) in [6.45, 7) is 1.44. The predicted molar refractivity (Wildman–Crippen MR) is 107 cm³/mol. The van der Waals surface area contributed by atoms with Crippen LogP contribution in [-0.4, -0.2) is 26.2 Å². The first-order valence-corrected chi connectivity index (χ1v) is 9.10. The Balaban J connectivity index is 1.35. The second-order valence-electron chi connectivity index (χ2n) is 6.69. The smallest absolute Gasteiger partial charge is 0.329 e. The van der Waals surface area contributed by atoms with Crippen molar-refractivity contribution < 1.29 is 4.79 Å². The number of hydrogen-bond acceptors (Lipinski definition) is 2. The van der Waals surface area contributed by atoms with Crippen LogP contribution in [0.3, 0.4) is 0 Å². The summed E-state index contributed by atoms with van der Waals surface area (Å²) in [4.78, 5) is 24.7. The van der Waals surface area contributed by atoms with E-state index in [-0.39, 0.29) is 18.1 Å². The highest BCUT2D eigenvalue weighted by molar-refractivity contribution is 5.81. The minimum atomic E-state index is -0.176. The largest absolute Gasteiger partial charge is 0.354 e. The number of aromatic nitrogens is 3. The van der Waals surface area contributed by atoms with E-state index in [9.17, 15) is 9.59 Å². The van der Waals surface area contributed by atoms with Crippen molar-refractivity contribution in [1.29, 1.82) is 0 Å². The number of amides is 1. The van der Waals surface area contributed by atoms with Gasteiger partial charge in [-0.15, -0.1) is 0 Å². The Kier molecular flexibility index (Phi) is 4.54. The van der Waals surface area contributed by atoms with Crippen LogP contribution < -0.4 is 11.0 Å². The van der Waals surface area contributed by atoms with Gasteiger partial charge in [0.15, 0.2) is 0 Å². The summed E-state index contributed by atoms with van der Waals surface area (Å²) in [5, 5.41) is 4.14. The monoisotopic (exact) mass is 362 g/mol. The van der Waals surface area contributed by atoms with Crippen LogP contribution in [0.15, 0.2) is 65.6 Å². The van der Waals surface area contributed by atoms with Crippen molar-refractivity contribution in [3.8, 4) is 0 Å². The third-order valence-electron chi connectivity index (χ3n) is 4.93. The van der Waals surface area contributed by atoms with E-state index in [4.69, 9.17) is 0 Å². The number of fused-ring (bicyclic) bond motifs is 2. The molecular formula is C21H22N4O2. The first-order chi connectivity index (χ1) is 13.1. The second kappa shape index (κ2) is 7.15. The molecule has 0 aliphatic carbocycles. The SMILES string of the molecule is Cn1c(=O)n(CC(=O)NCCCn2ccc3ccccc32)c2ccccc21. The van der Waals surface area contributed by atoms with E-state index >= 15 is 0 Å². The van der Waals surface area contributed by atoms with Crippen molar-refractivity contribution >= 4 is 27.8 Å². The fourth-order valence-electron chi connectivity index (χ4n) is 3.53. The molecule has 0 saturated heterocycles. The molecule has 138 valence electrons. The third-order valence-corrected chi connectivity index (χ3v) is 4.93. The van der Waals surface area contributed by atoms with Gasteiger partial charge in [-0.05, 0) is 36.1 Å². The molecule has 6 nitrogen and oxygen atoms in total.